The van der Waals surface area contributed by atoms with Crippen molar-refractivity contribution in [1.29, 1.82) is 0 Å². The number of rotatable bonds is 7. The van der Waals surface area contributed by atoms with Crippen LogP contribution >= 0.6 is 0 Å². The molecule has 1 aliphatic rings. The van der Waals surface area contributed by atoms with E-state index in [0.29, 0.717) is 19.6 Å². The standard InChI is InChI=1S/C16H22O5/c1-16(2)20-13(14(21-16)15(17)18)9-6-10-19-11-12-7-4-3-5-8-12/h3-5,7-8,13-14H,6,9-11H2,1-2H3,(H,17,18)/t13-,14+/m0/s1. The normalized spacial score (nSPS) is 24.1. The van der Waals surface area contributed by atoms with Crippen LogP contribution in [0.5, 0.6) is 0 Å². The van der Waals surface area contributed by atoms with Gasteiger partial charge < -0.3 is 19.3 Å². The van der Waals surface area contributed by atoms with Crippen LogP contribution in [0.15, 0.2) is 30.3 Å². The molecule has 0 saturated carbocycles. The minimum atomic E-state index is -0.976. The van der Waals surface area contributed by atoms with E-state index in [2.05, 4.69) is 0 Å². The summed E-state index contributed by atoms with van der Waals surface area (Å²) in [7, 11) is 0. The van der Waals surface area contributed by atoms with E-state index in [1.807, 2.05) is 30.3 Å². The van der Waals surface area contributed by atoms with Crippen LogP contribution in [0.25, 0.3) is 0 Å². The molecule has 0 spiro atoms. The molecule has 116 valence electrons. The SMILES string of the molecule is CC1(C)O[C@@H](CCCOCc2ccccc2)[C@H](C(=O)O)O1. The van der Waals surface area contributed by atoms with Gasteiger partial charge in [0.15, 0.2) is 11.9 Å². The average molecular weight is 294 g/mol. The summed E-state index contributed by atoms with van der Waals surface area (Å²) in [6, 6.07) is 9.94. The molecule has 1 N–H and O–H groups in total. The Labute approximate surface area is 124 Å². The number of carboxylic acid groups (broad SMARTS) is 1. The molecule has 0 aromatic heterocycles. The predicted octanol–water partition coefficient (Wildman–Crippen LogP) is 2.59. The maximum atomic E-state index is 11.1. The smallest absolute Gasteiger partial charge is 0.335 e. The molecule has 5 nitrogen and oxygen atoms in total. The van der Waals surface area contributed by atoms with Gasteiger partial charge in [-0.15, -0.1) is 0 Å². The van der Waals surface area contributed by atoms with Gasteiger partial charge in [0.05, 0.1) is 12.7 Å². The van der Waals surface area contributed by atoms with Crippen molar-refractivity contribution < 1.29 is 24.1 Å². The quantitative estimate of drug-likeness (QED) is 0.783. The molecule has 1 saturated heterocycles. The first kappa shape index (κ1) is 15.9. The van der Waals surface area contributed by atoms with Gasteiger partial charge in [-0.05, 0) is 32.3 Å². The van der Waals surface area contributed by atoms with Crippen LogP contribution in [-0.2, 0) is 25.6 Å². The minimum absolute atomic E-state index is 0.419. The molecule has 2 rings (SSSR count). The molecular weight excluding hydrogens is 272 g/mol. The fourth-order valence-electron chi connectivity index (χ4n) is 2.41. The molecule has 0 aliphatic carbocycles. The second-order valence-electron chi connectivity index (χ2n) is 5.61. The third-order valence-electron chi connectivity index (χ3n) is 3.32. The Balaban J connectivity index is 1.69. The van der Waals surface area contributed by atoms with Crippen molar-refractivity contribution in [2.45, 2.75) is 51.3 Å². The van der Waals surface area contributed by atoms with Crippen molar-refractivity contribution in [3.63, 3.8) is 0 Å². The van der Waals surface area contributed by atoms with Crippen molar-refractivity contribution >= 4 is 5.97 Å². The molecular formula is C16H22O5. The van der Waals surface area contributed by atoms with Gasteiger partial charge in [-0.3, -0.25) is 0 Å². The number of hydrogen-bond donors (Lipinski definition) is 1. The molecule has 21 heavy (non-hydrogen) atoms. The molecule has 5 heteroatoms. The molecule has 1 aromatic rings. The van der Waals surface area contributed by atoms with Gasteiger partial charge in [-0.2, -0.15) is 0 Å². The average Bonchev–Trinajstić information content (AvgIpc) is 2.75. The lowest BCUT2D eigenvalue weighted by Gasteiger charge is -2.16. The van der Waals surface area contributed by atoms with E-state index in [4.69, 9.17) is 19.3 Å². The Morgan fingerprint density at radius 3 is 2.67 bits per heavy atom. The first-order chi connectivity index (χ1) is 9.98. The maximum absolute atomic E-state index is 11.1. The Kier molecular flexibility index (Phi) is 5.33. The van der Waals surface area contributed by atoms with Gasteiger partial charge in [-0.1, -0.05) is 30.3 Å². The van der Waals surface area contributed by atoms with Crippen LogP contribution in [0.4, 0.5) is 0 Å². The van der Waals surface area contributed by atoms with Crippen LogP contribution in [0.1, 0.15) is 32.3 Å². The van der Waals surface area contributed by atoms with Gasteiger partial charge in [0.2, 0.25) is 0 Å². The molecule has 1 aromatic carbocycles. The Morgan fingerprint density at radius 1 is 1.29 bits per heavy atom. The summed E-state index contributed by atoms with van der Waals surface area (Å²) in [5.74, 6) is -1.81. The van der Waals surface area contributed by atoms with Gasteiger partial charge in [-0.25, -0.2) is 4.79 Å². The Bertz CT molecular complexity index is 457. The number of aliphatic carboxylic acids is 1. The summed E-state index contributed by atoms with van der Waals surface area (Å²) >= 11 is 0. The van der Waals surface area contributed by atoms with Crippen LogP contribution in [0.2, 0.25) is 0 Å². The number of carbonyl (C=O) groups is 1. The third-order valence-corrected chi connectivity index (χ3v) is 3.32. The summed E-state index contributed by atoms with van der Waals surface area (Å²) < 4.78 is 16.6. The molecule has 1 aliphatic heterocycles. The van der Waals surface area contributed by atoms with Crippen LogP contribution < -0.4 is 0 Å². The van der Waals surface area contributed by atoms with Gasteiger partial charge in [0, 0.05) is 6.61 Å². The van der Waals surface area contributed by atoms with E-state index < -0.39 is 24.0 Å². The predicted molar refractivity (Wildman–Crippen MR) is 76.8 cm³/mol. The number of carboxylic acids is 1. The highest BCUT2D eigenvalue weighted by molar-refractivity contribution is 5.73. The van der Waals surface area contributed by atoms with Crippen LogP contribution in [0, 0.1) is 0 Å². The Hall–Kier alpha value is -1.43. The zero-order valence-corrected chi connectivity index (χ0v) is 12.5. The molecule has 0 unspecified atom stereocenters. The van der Waals surface area contributed by atoms with E-state index in [-0.39, 0.29) is 0 Å². The van der Waals surface area contributed by atoms with Gasteiger partial charge in [0.1, 0.15) is 0 Å². The fourth-order valence-corrected chi connectivity index (χ4v) is 2.41. The minimum Gasteiger partial charge on any atom is -0.479 e. The van der Waals surface area contributed by atoms with Crippen molar-refractivity contribution in [2.75, 3.05) is 6.61 Å². The first-order valence-electron chi connectivity index (χ1n) is 7.18. The number of ether oxygens (including phenoxy) is 3. The summed E-state index contributed by atoms with van der Waals surface area (Å²) in [6.45, 7) is 4.60. The maximum Gasteiger partial charge on any atom is 0.335 e. The largest absolute Gasteiger partial charge is 0.479 e. The summed E-state index contributed by atoms with van der Waals surface area (Å²) in [5, 5.41) is 9.13. The highest BCUT2D eigenvalue weighted by atomic mass is 16.8. The third kappa shape index (κ3) is 4.81. The number of benzene rings is 1. The lowest BCUT2D eigenvalue weighted by atomic mass is 10.1. The molecule has 1 heterocycles. The van der Waals surface area contributed by atoms with Crippen molar-refractivity contribution in [2.24, 2.45) is 0 Å². The summed E-state index contributed by atoms with van der Waals surface area (Å²) in [4.78, 5) is 11.1. The van der Waals surface area contributed by atoms with E-state index in [0.717, 1.165) is 12.0 Å². The highest BCUT2D eigenvalue weighted by Gasteiger charge is 2.44. The Morgan fingerprint density at radius 2 is 2.00 bits per heavy atom. The zero-order chi connectivity index (χ0) is 15.3. The van der Waals surface area contributed by atoms with Crippen LogP contribution in [0.3, 0.4) is 0 Å². The van der Waals surface area contributed by atoms with Crippen LogP contribution in [-0.4, -0.2) is 35.7 Å². The van der Waals surface area contributed by atoms with Crippen molar-refractivity contribution in [3.8, 4) is 0 Å². The molecule has 1 fully saturated rings. The second-order valence-corrected chi connectivity index (χ2v) is 5.61. The summed E-state index contributed by atoms with van der Waals surface area (Å²) in [6.07, 6.45) is 0.0302. The van der Waals surface area contributed by atoms with Crippen molar-refractivity contribution in [1.82, 2.24) is 0 Å². The highest BCUT2D eigenvalue weighted by Crippen LogP contribution is 2.30. The molecule has 0 radical (unpaired) electrons. The zero-order valence-electron chi connectivity index (χ0n) is 12.5. The first-order valence-corrected chi connectivity index (χ1v) is 7.18. The van der Waals surface area contributed by atoms with Gasteiger partial charge >= 0.3 is 5.97 Å². The van der Waals surface area contributed by atoms with E-state index in [1.54, 1.807) is 13.8 Å². The molecule has 0 bridgehead atoms. The fraction of sp³-hybridized carbons (Fsp3) is 0.562. The lowest BCUT2D eigenvalue weighted by Crippen LogP contribution is -2.31. The van der Waals surface area contributed by atoms with E-state index in [1.165, 1.54) is 0 Å². The lowest BCUT2D eigenvalue weighted by molar-refractivity contribution is -0.165. The molecule has 0 amide bonds. The van der Waals surface area contributed by atoms with Crippen molar-refractivity contribution in [3.05, 3.63) is 35.9 Å². The van der Waals surface area contributed by atoms with Gasteiger partial charge in [0.25, 0.3) is 0 Å². The molecule has 2 atom stereocenters. The van der Waals surface area contributed by atoms with E-state index in [9.17, 15) is 4.79 Å². The second kappa shape index (κ2) is 7.02. The monoisotopic (exact) mass is 294 g/mol. The topological polar surface area (TPSA) is 65.0 Å². The number of hydrogen-bond acceptors (Lipinski definition) is 4. The van der Waals surface area contributed by atoms with E-state index >= 15 is 0 Å². The summed E-state index contributed by atoms with van der Waals surface area (Å²) in [5.41, 5.74) is 1.13.